The first-order chi connectivity index (χ1) is 8.88. The molecule has 3 N–H and O–H groups in total. The topological polar surface area (TPSA) is 78.4 Å². The summed E-state index contributed by atoms with van der Waals surface area (Å²) in [5.41, 5.74) is 0. The van der Waals surface area contributed by atoms with Crippen molar-refractivity contribution in [3.63, 3.8) is 0 Å². The summed E-state index contributed by atoms with van der Waals surface area (Å²) in [6.45, 7) is 6.32. The van der Waals surface area contributed by atoms with Gasteiger partial charge in [0.05, 0.1) is 5.92 Å². The predicted octanol–water partition coefficient (Wildman–Crippen LogP) is 2.36. The van der Waals surface area contributed by atoms with Crippen LogP contribution in [0.2, 0.25) is 0 Å². The Morgan fingerprint density at radius 1 is 1.21 bits per heavy atom. The molecule has 1 rings (SSSR count). The van der Waals surface area contributed by atoms with E-state index in [1.54, 1.807) is 0 Å². The van der Waals surface area contributed by atoms with Crippen LogP contribution in [0.5, 0.6) is 0 Å². The minimum atomic E-state index is -0.755. The van der Waals surface area contributed by atoms with Gasteiger partial charge in [0, 0.05) is 12.1 Å². The molecule has 1 fully saturated rings. The molecular weight excluding hydrogens is 244 g/mol. The Labute approximate surface area is 115 Å². The van der Waals surface area contributed by atoms with Gasteiger partial charge in [-0.3, -0.25) is 4.79 Å². The van der Waals surface area contributed by atoms with E-state index in [1.165, 1.54) is 0 Å². The molecule has 0 aliphatic heterocycles. The monoisotopic (exact) mass is 270 g/mol. The highest BCUT2D eigenvalue weighted by Crippen LogP contribution is 2.25. The molecule has 0 radical (unpaired) electrons. The highest BCUT2D eigenvalue weighted by Gasteiger charge is 2.30. The van der Waals surface area contributed by atoms with Gasteiger partial charge in [-0.1, -0.05) is 13.8 Å². The van der Waals surface area contributed by atoms with Gasteiger partial charge in [-0.15, -0.1) is 0 Å². The Morgan fingerprint density at radius 2 is 1.89 bits per heavy atom. The Morgan fingerprint density at radius 3 is 2.42 bits per heavy atom. The van der Waals surface area contributed by atoms with Gasteiger partial charge in [-0.2, -0.15) is 0 Å². The lowest BCUT2D eigenvalue weighted by Crippen LogP contribution is -2.44. The molecule has 0 spiro atoms. The van der Waals surface area contributed by atoms with Gasteiger partial charge in [-0.05, 0) is 44.9 Å². The summed E-state index contributed by atoms with van der Waals surface area (Å²) in [6, 6.07) is -0.0234. The van der Waals surface area contributed by atoms with Crippen LogP contribution < -0.4 is 10.6 Å². The number of aliphatic carboxylic acids is 1. The summed E-state index contributed by atoms with van der Waals surface area (Å²) < 4.78 is 0. The zero-order valence-corrected chi connectivity index (χ0v) is 12.1. The number of nitrogens with one attached hydrogen (secondary N) is 2. The van der Waals surface area contributed by atoms with E-state index >= 15 is 0 Å². The maximum absolute atomic E-state index is 11.8. The zero-order valence-electron chi connectivity index (χ0n) is 12.1. The van der Waals surface area contributed by atoms with Gasteiger partial charge >= 0.3 is 12.0 Å². The largest absolute Gasteiger partial charge is 0.481 e. The maximum Gasteiger partial charge on any atom is 0.315 e. The van der Waals surface area contributed by atoms with Crippen molar-refractivity contribution in [2.75, 3.05) is 0 Å². The molecule has 0 aromatic carbocycles. The number of carboxylic acid groups (broad SMARTS) is 1. The SMILES string of the molecule is CC(C)CCC(C)NC(=O)NC1CCC(C(=O)O)C1. The molecule has 0 aromatic heterocycles. The van der Waals surface area contributed by atoms with Gasteiger partial charge in [0.1, 0.15) is 0 Å². The number of rotatable bonds is 6. The number of carbonyl (C=O) groups excluding carboxylic acids is 1. The van der Waals surface area contributed by atoms with Gasteiger partial charge in [-0.25, -0.2) is 4.79 Å². The fourth-order valence-electron chi connectivity index (χ4n) is 2.44. The van der Waals surface area contributed by atoms with Crippen LogP contribution >= 0.6 is 0 Å². The molecule has 2 amide bonds. The van der Waals surface area contributed by atoms with Crippen molar-refractivity contribution in [3.05, 3.63) is 0 Å². The molecule has 3 unspecified atom stereocenters. The van der Waals surface area contributed by atoms with Crippen LogP contribution in [0.4, 0.5) is 4.79 Å². The van der Waals surface area contributed by atoms with Gasteiger partial charge in [0.2, 0.25) is 0 Å². The van der Waals surface area contributed by atoms with Crippen molar-refractivity contribution >= 4 is 12.0 Å². The molecule has 5 nitrogen and oxygen atoms in total. The van der Waals surface area contributed by atoms with Crippen LogP contribution in [-0.2, 0) is 4.79 Å². The number of hydrogen-bond donors (Lipinski definition) is 3. The molecule has 1 aliphatic carbocycles. The average molecular weight is 270 g/mol. The van der Waals surface area contributed by atoms with Gasteiger partial charge in [0.25, 0.3) is 0 Å². The Bertz CT molecular complexity index is 318. The molecule has 19 heavy (non-hydrogen) atoms. The van der Waals surface area contributed by atoms with E-state index in [9.17, 15) is 9.59 Å². The zero-order chi connectivity index (χ0) is 14.4. The highest BCUT2D eigenvalue weighted by molar-refractivity contribution is 5.75. The van der Waals surface area contributed by atoms with Crippen LogP contribution in [0, 0.1) is 11.8 Å². The van der Waals surface area contributed by atoms with Crippen LogP contribution in [0.1, 0.15) is 52.9 Å². The molecule has 0 bridgehead atoms. The van der Waals surface area contributed by atoms with Crippen LogP contribution in [0.3, 0.4) is 0 Å². The molecular formula is C14H26N2O3. The molecule has 3 atom stereocenters. The minimum absolute atomic E-state index is 0.00148. The first-order valence-electron chi connectivity index (χ1n) is 7.18. The summed E-state index contributed by atoms with van der Waals surface area (Å²) in [7, 11) is 0. The lowest BCUT2D eigenvalue weighted by atomic mass is 10.0. The lowest BCUT2D eigenvalue weighted by Gasteiger charge is -2.18. The second-order valence-corrected chi connectivity index (χ2v) is 6.04. The van der Waals surface area contributed by atoms with E-state index in [-0.39, 0.29) is 24.0 Å². The van der Waals surface area contributed by atoms with Crippen molar-refractivity contribution < 1.29 is 14.7 Å². The summed E-state index contributed by atoms with van der Waals surface area (Å²) in [6.07, 6.45) is 4.01. The summed E-state index contributed by atoms with van der Waals surface area (Å²) >= 11 is 0. The first kappa shape index (κ1) is 15.8. The van der Waals surface area contributed by atoms with Crippen LogP contribution in [0.25, 0.3) is 0 Å². The third-order valence-corrected chi connectivity index (χ3v) is 3.67. The van der Waals surface area contributed by atoms with Crippen molar-refractivity contribution in [1.29, 1.82) is 0 Å². The fraction of sp³-hybridized carbons (Fsp3) is 0.857. The highest BCUT2D eigenvalue weighted by atomic mass is 16.4. The van der Waals surface area contributed by atoms with E-state index < -0.39 is 5.97 Å². The number of carbonyl (C=O) groups is 2. The Kier molecular flexibility index (Phi) is 6.12. The second-order valence-electron chi connectivity index (χ2n) is 6.04. The number of amides is 2. The number of carboxylic acids is 1. The molecule has 0 saturated heterocycles. The Hall–Kier alpha value is -1.26. The minimum Gasteiger partial charge on any atom is -0.481 e. The maximum atomic E-state index is 11.8. The summed E-state index contributed by atoms with van der Waals surface area (Å²) in [4.78, 5) is 22.6. The van der Waals surface area contributed by atoms with Crippen molar-refractivity contribution in [3.8, 4) is 0 Å². The van der Waals surface area contributed by atoms with Gasteiger partial charge in [0.15, 0.2) is 0 Å². The summed E-state index contributed by atoms with van der Waals surface area (Å²) in [5, 5.41) is 14.7. The molecule has 1 saturated carbocycles. The van der Waals surface area contributed by atoms with E-state index in [4.69, 9.17) is 5.11 Å². The van der Waals surface area contributed by atoms with Crippen molar-refractivity contribution in [1.82, 2.24) is 10.6 Å². The number of hydrogen-bond acceptors (Lipinski definition) is 2. The molecule has 5 heteroatoms. The molecule has 110 valence electrons. The van der Waals surface area contributed by atoms with Crippen LogP contribution in [-0.4, -0.2) is 29.2 Å². The van der Waals surface area contributed by atoms with Crippen LogP contribution in [0.15, 0.2) is 0 Å². The first-order valence-corrected chi connectivity index (χ1v) is 7.18. The van der Waals surface area contributed by atoms with E-state index in [0.717, 1.165) is 19.3 Å². The summed E-state index contributed by atoms with van der Waals surface area (Å²) in [5.74, 6) is -0.419. The fourth-order valence-corrected chi connectivity index (χ4v) is 2.44. The quantitative estimate of drug-likeness (QED) is 0.693. The second kappa shape index (κ2) is 7.36. The standard InChI is InChI=1S/C14H26N2O3/c1-9(2)4-5-10(3)15-14(19)16-12-7-6-11(8-12)13(17)18/h9-12H,4-8H2,1-3H3,(H,17,18)(H2,15,16,19). The lowest BCUT2D eigenvalue weighted by molar-refractivity contribution is -0.141. The van der Waals surface area contributed by atoms with Gasteiger partial charge < -0.3 is 15.7 Å². The smallest absolute Gasteiger partial charge is 0.315 e. The van der Waals surface area contributed by atoms with E-state index in [2.05, 4.69) is 24.5 Å². The predicted molar refractivity (Wildman–Crippen MR) is 74.0 cm³/mol. The van der Waals surface area contributed by atoms with Crippen molar-refractivity contribution in [2.24, 2.45) is 11.8 Å². The number of urea groups is 1. The molecule has 0 heterocycles. The van der Waals surface area contributed by atoms with Crippen molar-refractivity contribution in [2.45, 2.75) is 65.0 Å². The molecule has 0 aromatic rings. The third-order valence-electron chi connectivity index (χ3n) is 3.67. The molecule has 1 aliphatic rings. The average Bonchev–Trinajstić information content (AvgIpc) is 2.74. The van der Waals surface area contributed by atoms with E-state index in [0.29, 0.717) is 18.8 Å². The Balaban J connectivity index is 2.23. The third kappa shape index (κ3) is 5.94. The normalized spacial score (nSPS) is 24.2. The van der Waals surface area contributed by atoms with E-state index in [1.807, 2.05) is 6.92 Å².